The topological polar surface area (TPSA) is 465 Å². The molecule has 29 nitrogen and oxygen atoms in total. The summed E-state index contributed by atoms with van der Waals surface area (Å²) in [6.07, 6.45) is -18.9. The lowest BCUT2D eigenvalue weighted by Crippen LogP contribution is -2.59. The maximum atomic E-state index is 13.5. The summed E-state index contributed by atoms with van der Waals surface area (Å²) in [5, 5.41) is 89.6. The van der Waals surface area contributed by atoms with Crippen molar-refractivity contribution in [3.05, 3.63) is 8.96 Å². The molecule has 15 N–H and O–H groups in total. The number of imide groups is 1. The molecule has 71 heavy (non-hydrogen) atoms. The summed E-state index contributed by atoms with van der Waals surface area (Å²) in [6, 6.07) is -3.93. The minimum Gasteiger partial charge on any atom is -0.480 e. The molecule has 12 atom stereocenters. The third-order valence-electron chi connectivity index (χ3n) is 10.7. The quantitative estimate of drug-likeness (QED) is 0.0123. The lowest BCUT2D eigenvalue weighted by molar-refractivity contribution is -0.297. The van der Waals surface area contributed by atoms with Gasteiger partial charge >= 0.3 is 21.2 Å². The monoisotopic (exact) mass is 1200 g/mol. The van der Waals surface area contributed by atoms with Crippen LogP contribution >= 0.6 is 47.1 Å². The molecule has 0 saturated carbocycles. The molecule has 5 amide bonds. The van der Waals surface area contributed by atoms with Gasteiger partial charge in [0.05, 0.1) is 64.2 Å². The molecular weight excluding hydrogens is 1130 g/mol. The molecule has 0 bridgehead atoms. The van der Waals surface area contributed by atoms with Gasteiger partial charge in [-0.15, -0.1) is 0 Å². The van der Waals surface area contributed by atoms with Gasteiger partial charge in [-0.3, -0.25) is 38.0 Å². The van der Waals surface area contributed by atoms with Gasteiger partial charge in [0.1, 0.15) is 45.5 Å². The third-order valence-corrected chi connectivity index (χ3v) is 14.4. The summed E-state index contributed by atoms with van der Waals surface area (Å²) >= 11 is 6.12. The highest BCUT2D eigenvalue weighted by molar-refractivity contribution is 9.14. The van der Waals surface area contributed by atoms with Crippen LogP contribution in [-0.4, -0.2) is 233 Å². The number of halogens is 2. The first-order valence-corrected chi connectivity index (χ1v) is 27.1. The van der Waals surface area contributed by atoms with Crippen molar-refractivity contribution in [2.75, 3.05) is 65.1 Å². The third kappa shape index (κ3) is 23.3. The highest BCUT2D eigenvalue weighted by Gasteiger charge is 2.45. The van der Waals surface area contributed by atoms with Crippen molar-refractivity contribution in [3.63, 3.8) is 0 Å². The van der Waals surface area contributed by atoms with Gasteiger partial charge < -0.3 is 100 Å². The second-order valence-electron chi connectivity index (χ2n) is 16.4. The number of carboxylic acid groups (broad SMARTS) is 1. The van der Waals surface area contributed by atoms with Gasteiger partial charge in [0.25, 0.3) is 11.8 Å². The first kappa shape index (κ1) is 64.7. The summed E-state index contributed by atoms with van der Waals surface area (Å²) in [5.41, 5.74) is 0. The Labute approximate surface area is 423 Å². The van der Waals surface area contributed by atoms with Gasteiger partial charge in [-0.2, -0.15) is 0 Å². The SMILES string of the molecule is CC(CCP(=O)(O)O)C(O)C(O)C(O)C(O)OC[C@H](NC(=O)CCOCCOCCNC(=O)CCCCCN1C(=O)C(Br)=C(Br)C1=O)C(=O)N[C@@H](COC1OC(CCP(=O)(O)O)C(O)C(O)C1O)C(=O)O. The van der Waals surface area contributed by atoms with E-state index in [0.29, 0.717) is 19.3 Å². The fourth-order valence-corrected chi connectivity index (χ4v) is 8.61. The maximum Gasteiger partial charge on any atom is 0.328 e. The van der Waals surface area contributed by atoms with E-state index in [1.807, 2.05) is 5.32 Å². The van der Waals surface area contributed by atoms with E-state index in [1.165, 1.54) is 6.92 Å². The predicted octanol–water partition coefficient (Wildman–Crippen LogP) is -4.48. The van der Waals surface area contributed by atoms with Crippen LogP contribution in [0, 0.1) is 5.92 Å². The first-order valence-electron chi connectivity index (χ1n) is 22.0. The van der Waals surface area contributed by atoms with Crippen molar-refractivity contribution in [1.29, 1.82) is 0 Å². The lowest BCUT2D eigenvalue weighted by Gasteiger charge is -2.40. The van der Waals surface area contributed by atoms with E-state index in [1.54, 1.807) is 0 Å². The normalized spacial score (nSPS) is 22.9. The number of unbranched alkanes of at least 4 members (excludes halogenated alkanes) is 2. The Kier molecular flexibility index (Phi) is 28.6. The second kappa shape index (κ2) is 31.4. The van der Waals surface area contributed by atoms with E-state index in [2.05, 4.69) is 42.5 Å². The molecule has 410 valence electrons. The summed E-state index contributed by atoms with van der Waals surface area (Å²) in [7, 11) is -9.11. The van der Waals surface area contributed by atoms with Crippen LogP contribution in [0.3, 0.4) is 0 Å². The fraction of sp³-hybridized carbons (Fsp3) is 0.789. The zero-order chi connectivity index (χ0) is 53.8. The number of aliphatic hydroxyl groups excluding tert-OH is 7. The Morgan fingerprint density at radius 2 is 1.34 bits per heavy atom. The first-order chi connectivity index (χ1) is 33.1. The van der Waals surface area contributed by atoms with Crippen molar-refractivity contribution < 1.29 is 122 Å². The number of aliphatic hydroxyl groups is 7. The van der Waals surface area contributed by atoms with E-state index in [9.17, 15) is 88.5 Å². The lowest BCUT2D eigenvalue weighted by atomic mass is 9.94. The van der Waals surface area contributed by atoms with E-state index >= 15 is 0 Å². The number of carbonyl (C=O) groups is 6. The van der Waals surface area contributed by atoms with Gasteiger partial charge in [0.15, 0.2) is 18.6 Å². The minimum absolute atomic E-state index is 0.0315. The van der Waals surface area contributed by atoms with E-state index in [4.69, 9.17) is 33.5 Å². The summed E-state index contributed by atoms with van der Waals surface area (Å²) < 4.78 is 49.4. The highest BCUT2D eigenvalue weighted by Crippen LogP contribution is 2.38. The van der Waals surface area contributed by atoms with Crippen LogP contribution in [0.5, 0.6) is 0 Å². The number of rotatable bonds is 35. The molecule has 33 heteroatoms. The van der Waals surface area contributed by atoms with E-state index < -0.39 is 156 Å². The number of carbonyl (C=O) groups excluding carboxylic acids is 5. The van der Waals surface area contributed by atoms with Crippen molar-refractivity contribution in [1.82, 2.24) is 20.9 Å². The number of ether oxygens (including phenoxy) is 5. The number of hydrogen-bond donors (Lipinski definition) is 15. The zero-order valence-corrected chi connectivity index (χ0v) is 43.2. The average molecular weight is 1200 g/mol. The Morgan fingerprint density at radius 1 is 0.732 bits per heavy atom. The maximum absolute atomic E-state index is 13.5. The van der Waals surface area contributed by atoms with Gasteiger partial charge in [-0.1, -0.05) is 13.3 Å². The number of nitrogens with one attached hydrogen (secondary N) is 3. The number of hydrogen-bond acceptors (Lipinski definition) is 20. The minimum atomic E-state index is -4.61. The molecule has 10 unspecified atom stereocenters. The van der Waals surface area contributed by atoms with Crippen LogP contribution in [0.2, 0.25) is 0 Å². The van der Waals surface area contributed by atoms with Crippen molar-refractivity contribution >= 4 is 82.6 Å². The van der Waals surface area contributed by atoms with Crippen molar-refractivity contribution in [2.24, 2.45) is 5.92 Å². The zero-order valence-electron chi connectivity index (χ0n) is 38.2. The van der Waals surface area contributed by atoms with Crippen LogP contribution in [0.1, 0.15) is 51.9 Å². The smallest absolute Gasteiger partial charge is 0.328 e. The molecular formula is C38H64Br2N4O25P2. The predicted molar refractivity (Wildman–Crippen MR) is 246 cm³/mol. The van der Waals surface area contributed by atoms with Crippen LogP contribution in [-0.2, 0) is 61.6 Å². The Balaban J connectivity index is 1.92. The number of aliphatic carboxylic acids is 1. The summed E-state index contributed by atoms with van der Waals surface area (Å²) in [5.74, 6) is -6.14. The van der Waals surface area contributed by atoms with Crippen molar-refractivity contribution in [2.45, 2.75) is 119 Å². The Morgan fingerprint density at radius 3 is 1.93 bits per heavy atom. The summed E-state index contributed by atoms with van der Waals surface area (Å²) in [6.45, 7) is -0.563. The molecule has 0 aromatic heterocycles. The second-order valence-corrected chi connectivity index (χ2v) is 21.6. The van der Waals surface area contributed by atoms with E-state index in [-0.39, 0.29) is 67.2 Å². The van der Waals surface area contributed by atoms with Crippen molar-refractivity contribution in [3.8, 4) is 0 Å². The summed E-state index contributed by atoms with van der Waals surface area (Å²) in [4.78, 5) is 113. The van der Waals surface area contributed by atoms with Crippen LogP contribution in [0.15, 0.2) is 8.96 Å². The fourth-order valence-electron chi connectivity index (χ4n) is 6.51. The van der Waals surface area contributed by atoms with Gasteiger partial charge in [-0.05, 0) is 63.5 Å². The number of carboxylic acids is 1. The Hall–Kier alpha value is -2.46. The van der Waals surface area contributed by atoms with Gasteiger partial charge in [0.2, 0.25) is 17.7 Å². The molecule has 2 aliphatic rings. The standard InChI is InChI=1S/C38H64Br2N4O25P2/c1-19(7-15-70(59,60)61)27(47)29(49)31(51)37(58)67-17-20(33(53)43-21(36(56)57)18-68-38-32(52)30(50)28(48)22(69-38)8-16-71(62,63)64)42-24(46)6-11-65-13-14-66-12-9-41-23(45)5-3-2-4-10-44-34(54)25(39)26(40)35(44)55/h19-22,27-32,37-38,47-52,58H,2-18H2,1H3,(H,41,45)(H,42,46)(H,43,53)(H,56,57)(H2,59,60,61)(H2,62,63,64)/t19?,20-,21-,22?,27?,28?,29?,30?,31?,32?,37?,38?/m0/s1. The number of nitrogens with zero attached hydrogens (tertiary/aromatic N) is 1. The van der Waals surface area contributed by atoms with Crippen LogP contribution < -0.4 is 16.0 Å². The van der Waals surface area contributed by atoms with Gasteiger partial charge in [0, 0.05) is 25.9 Å². The van der Waals surface area contributed by atoms with Crippen LogP contribution in [0.4, 0.5) is 0 Å². The molecule has 2 aliphatic heterocycles. The number of amides is 5. The molecule has 0 aromatic rings. The van der Waals surface area contributed by atoms with Gasteiger partial charge in [-0.25, -0.2) is 4.79 Å². The Bertz CT molecular complexity index is 1870. The van der Waals surface area contributed by atoms with Crippen LogP contribution in [0.25, 0.3) is 0 Å². The molecule has 0 aromatic carbocycles. The molecule has 2 rings (SSSR count). The average Bonchev–Trinajstić information content (AvgIpc) is 3.48. The molecule has 0 spiro atoms. The highest BCUT2D eigenvalue weighted by atomic mass is 79.9. The molecule has 2 heterocycles. The molecule has 0 radical (unpaired) electrons. The largest absolute Gasteiger partial charge is 0.480 e. The molecule has 0 aliphatic carbocycles. The molecule has 1 saturated heterocycles. The van der Waals surface area contributed by atoms with E-state index in [0.717, 1.165) is 4.90 Å². The molecule has 1 fully saturated rings.